The van der Waals surface area contributed by atoms with Crippen molar-refractivity contribution in [1.82, 2.24) is 19.3 Å². The highest BCUT2D eigenvalue weighted by Crippen LogP contribution is 2.37. The third-order valence-electron chi connectivity index (χ3n) is 8.82. The zero-order chi connectivity index (χ0) is 35.4. The highest BCUT2D eigenvalue weighted by Gasteiger charge is 2.18. The van der Waals surface area contributed by atoms with E-state index >= 15 is 0 Å². The zero-order valence-electron chi connectivity index (χ0n) is 30.9. The quantitative estimate of drug-likeness (QED) is 0.178. The average molecular weight is 622 g/mol. The van der Waals surface area contributed by atoms with Crippen LogP contribution < -0.4 is 4.74 Å². The topological polar surface area (TPSA) is 44.9 Å². The van der Waals surface area contributed by atoms with Crippen molar-refractivity contribution in [2.24, 2.45) is 5.41 Å². The second-order valence-electron chi connectivity index (χ2n) is 13.8. The van der Waals surface area contributed by atoms with Crippen LogP contribution in [0.2, 0.25) is 0 Å². The van der Waals surface area contributed by atoms with Crippen LogP contribution in [-0.4, -0.2) is 19.3 Å². The largest absolute Gasteiger partial charge is 0.457 e. The Morgan fingerprint density at radius 1 is 0.766 bits per heavy atom. The first-order chi connectivity index (χ1) is 23.7. The Hall–Kier alpha value is -5.16. The van der Waals surface area contributed by atoms with E-state index in [0.29, 0.717) is 11.3 Å². The predicted molar refractivity (Wildman–Crippen MR) is 194 cm³/mol. The summed E-state index contributed by atoms with van der Waals surface area (Å²) in [6.07, 6.45) is 3.72. The van der Waals surface area contributed by atoms with Gasteiger partial charge in [0.1, 0.15) is 17.3 Å². The summed E-state index contributed by atoms with van der Waals surface area (Å²) < 4.78 is 34.9. The summed E-state index contributed by atoms with van der Waals surface area (Å²) in [5, 5.41) is 6.79. The maximum atomic E-state index is 8.03. The number of aromatic nitrogens is 4. The number of benzene rings is 4. The van der Waals surface area contributed by atoms with Crippen LogP contribution in [0.3, 0.4) is 0 Å². The van der Waals surface area contributed by atoms with Gasteiger partial charge in [0.05, 0.1) is 22.4 Å². The summed E-state index contributed by atoms with van der Waals surface area (Å²) in [6, 6.07) is 32.1. The lowest BCUT2D eigenvalue weighted by Gasteiger charge is -2.19. The van der Waals surface area contributed by atoms with Gasteiger partial charge in [-0.05, 0) is 111 Å². The van der Waals surface area contributed by atoms with Crippen molar-refractivity contribution in [3.63, 3.8) is 0 Å². The minimum Gasteiger partial charge on any atom is -0.457 e. The molecule has 7 rings (SSSR count). The Bertz CT molecular complexity index is 2360. The molecule has 0 spiro atoms. The number of hydrogen-bond acceptors (Lipinski definition) is 3. The molecular formula is C42H42N4O. The predicted octanol–water partition coefficient (Wildman–Crippen LogP) is 11.0. The van der Waals surface area contributed by atoms with Crippen LogP contribution in [0, 0.1) is 33.0 Å². The van der Waals surface area contributed by atoms with Crippen LogP contribution in [0.1, 0.15) is 59.4 Å². The van der Waals surface area contributed by atoms with Crippen molar-refractivity contribution in [1.29, 1.82) is 0 Å². The van der Waals surface area contributed by atoms with E-state index in [1.54, 1.807) is 18.3 Å². The lowest BCUT2D eigenvalue weighted by Crippen LogP contribution is -2.07. The molecule has 47 heavy (non-hydrogen) atoms. The lowest BCUT2D eigenvalue weighted by atomic mass is 9.88. The molecule has 0 aliphatic heterocycles. The molecule has 5 nitrogen and oxygen atoms in total. The van der Waals surface area contributed by atoms with Crippen molar-refractivity contribution in [2.75, 3.05) is 0 Å². The van der Waals surface area contributed by atoms with Gasteiger partial charge >= 0.3 is 0 Å². The summed E-state index contributed by atoms with van der Waals surface area (Å²) in [4.78, 5) is 4.70. The van der Waals surface area contributed by atoms with Crippen LogP contribution in [0.15, 0.2) is 103 Å². The highest BCUT2D eigenvalue weighted by molar-refractivity contribution is 6.09. The molecule has 0 fully saturated rings. The second kappa shape index (κ2) is 11.9. The lowest BCUT2D eigenvalue weighted by molar-refractivity contribution is 0.378. The summed E-state index contributed by atoms with van der Waals surface area (Å²) >= 11 is 0. The van der Waals surface area contributed by atoms with Crippen molar-refractivity contribution < 1.29 is 8.85 Å². The van der Waals surface area contributed by atoms with Crippen molar-refractivity contribution in [2.45, 2.75) is 61.2 Å². The molecule has 0 bridgehead atoms. The Morgan fingerprint density at radius 2 is 1.60 bits per heavy atom. The monoisotopic (exact) mass is 621 g/mol. The van der Waals surface area contributed by atoms with E-state index in [4.69, 9.17) is 18.9 Å². The van der Waals surface area contributed by atoms with Crippen LogP contribution in [0.5, 0.6) is 11.5 Å². The van der Waals surface area contributed by atoms with Crippen LogP contribution in [-0.2, 0) is 6.42 Å². The number of nitrogens with zero attached hydrogens (tertiary/aromatic N) is 4. The molecule has 3 aromatic heterocycles. The molecule has 0 saturated heterocycles. The maximum Gasteiger partial charge on any atom is 0.137 e. The molecule has 0 atom stereocenters. The number of aryl methyl sites for hydroxylation is 4. The summed E-state index contributed by atoms with van der Waals surface area (Å²) in [5.41, 5.74) is 9.78. The van der Waals surface area contributed by atoms with Gasteiger partial charge in [0, 0.05) is 44.5 Å². The summed E-state index contributed by atoms with van der Waals surface area (Å²) in [5.74, 6) is 2.15. The first kappa shape index (κ1) is 27.0. The first-order valence-corrected chi connectivity index (χ1v) is 16.2. The van der Waals surface area contributed by atoms with Gasteiger partial charge in [-0.2, -0.15) is 5.10 Å². The minimum absolute atomic E-state index is 0.178. The molecule has 236 valence electrons. The second-order valence-corrected chi connectivity index (χ2v) is 13.8. The van der Waals surface area contributed by atoms with Crippen molar-refractivity contribution >= 4 is 21.8 Å². The van der Waals surface area contributed by atoms with E-state index in [9.17, 15) is 0 Å². The standard InChI is InChI=1S/C42H42N4O/c1-27-13-16-38-37(21-27)36-15-14-34(26-39(36)45(38)40-22-28(2)18-20-43-40)47-35-24-31(17-19-42(5,6)7)23-33(25-35)46-30(4)41(29(3)44-46)32-11-9-8-10-12-32/h8-16,18,20-26H,17,19H2,1-7H3/i1D3. The fraction of sp³-hybridized carbons (Fsp3) is 0.238. The molecule has 0 saturated carbocycles. The molecule has 0 amide bonds. The average Bonchev–Trinajstić information content (AvgIpc) is 3.55. The Morgan fingerprint density at radius 3 is 2.36 bits per heavy atom. The fourth-order valence-corrected chi connectivity index (χ4v) is 6.49. The number of pyridine rings is 1. The van der Waals surface area contributed by atoms with Gasteiger partial charge in [-0.15, -0.1) is 0 Å². The van der Waals surface area contributed by atoms with Crippen LogP contribution >= 0.6 is 0 Å². The Balaban J connectivity index is 1.35. The van der Waals surface area contributed by atoms with Gasteiger partial charge in [0.15, 0.2) is 0 Å². The van der Waals surface area contributed by atoms with Crippen molar-refractivity contribution in [3.8, 4) is 34.1 Å². The summed E-state index contributed by atoms with van der Waals surface area (Å²) in [6.45, 7) is 10.8. The van der Waals surface area contributed by atoms with E-state index in [1.807, 2.05) is 54.1 Å². The number of ether oxygens (including phenoxy) is 1. The third kappa shape index (κ3) is 6.06. The van der Waals surface area contributed by atoms with Gasteiger partial charge < -0.3 is 4.74 Å². The number of hydrogen-bond donors (Lipinski definition) is 0. The molecule has 0 aliphatic carbocycles. The normalized spacial score (nSPS) is 13.1. The Labute approximate surface area is 281 Å². The van der Waals surface area contributed by atoms with E-state index < -0.39 is 6.85 Å². The molecule has 5 heteroatoms. The maximum absolute atomic E-state index is 8.03. The minimum atomic E-state index is -2.21. The SMILES string of the molecule is [2H]C([2H])([2H])c1ccc2c(c1)c1ccc(Oc3cc(CCC(C)(C)C)cc(-n4nc(C)c(-c5ccccc5)c4C)c3)cc1n2-c1cc(C)ccn1. The molecule has 4 aromatic carbocycles. The zero-order valence-corrected chi connectivity index (χ0v) is 27.9. The number of fused-ring (bicyclic) bond motifs is 3. The number of rotatable bonds is 7. The molecule has 3 heterocycles. The van der Waals surface area contributed by atoms with Gasteiger partial charge in [0.25, 0.3) is 0 Å². The summed E-state index contributed by atoms with van der Waals surface area (Å²) in [7, 11) is 0. The van der Waals surface area contributed by atoms with E-state index in [1.165, 1.54) is 5.56 Å². The van der Waals surface area contributed by atoms with Gasteiger partial charge in [0.2, 0.25) is 0 Å². The van der Waals surface area contributed by atoms with Crippen LogP contribution in [0.25, 0.3) is 44.4 Å². The first-order valence-electron chi connectivity index (χ1n) is 17.7. The van der Waals surface area contributed by atoms with E-state index in [-0.39, 0.29) is 5.41 Å². The van der Waals surface area contributed by atoms with Gasteiger partial charge in [-0.25, -0.2) is 9.67 Å². The fourth-order valence-electron chi connectivity index (χ4n) is 6.49. The molecule has 0 N–H and O–H groups in total. The molecular weight excluding hydrogens is 576 g/mol. The van der Waals surface area contributed by atoms with E-state index in [2.05, 4.69) is 81.7 Å². The third-order valence-corrected chi connectivity index (χ3v) is 8.82. The molecule has 0 radical (unpaired) electrons. The van der Waals surface area contributed by atoms with Crippen LogP contribution in [0.4, 0.5) is 0 Å². The highest BCUT2D eigenvalue weighted by atomic mass is 16.5. The van der Waals surface area contributed by atoms with Gasteiger partial charge in [-0.3, -0.25) is 4.57 Å². The molecule has 0 unspecified atom stereocenters. The molecule has 0 aliphatic rings. The van der Waals surface area contributed by atoms with Crippen molar-refractivity contribution in [3.05, 3.63) is 131 Å². The van der Waals surface area contributed by atoms with Gasteiger partial charge in [-0.1, -0.05) is 62.7 Å². The molecule has 7 aromatic rings. The smallest absolute Gasteiger partial charge is 0.137 e. The van der Waals surface area contributed by atoms with E-state index in [0.717, 1.165) is 80.0 Å². The Kier molecular flexibility index (Phi) is 6.83.